The molecule has 1 saturated carbocycles. The van der Waals surface area contributed by atoms with Gasteiger partial charge in [0.25, 0.3) is 5.91 Å². The van der Waals surface area contributed by atoms with Gasteiger partial charge in [-0.1, -0.05) is 23.7 Å². The van der Waals surface area contributed by atoms with Crippen molar-refractivity contribution in [3.05, 3.63) is 70.5 Å². The van der Waals surface area contributed by atoms with Gasteiger partial charge in [0.15, 0.2) is 0 Å². The smallest absolute Gasteiger partial charge is 0.251 e. The lowest BCUT2D eigenvalue weighted by atomic mass is 9.64. The summed E-state index contributed by atoms with van der Waals surface area (Å²) in [5.41, 5.74) is 1.91. The molecule has 2 aliphatic rings. The van der Waals surface area contributed by atoms with Gasteiger partial charge in [0.2, 0.25) is 0 Å². The van der Waals surface area contributed by atoms with Crippen molar-refractivity contribution < 1.29 is 9.18 Å². The minimum absolute atomic E-state index is 0.0514. The van der Waals surface area contributed by atoms with E-state index in [1.165, 1.54) is 12.0 Å². The summed E-state index contributed by atoms with van der Waals surface area (Å²) < 4.78 is 13.1. The van der Waals surface area contributed by atoms with Gasteiger partial charge in [-0.25, -0.2) is 4.39 Å². The second kappa shape index (κ2) is 7.99. The Morgan fingerprint density at radius 2 is 1.85 bits per heavy atom. The summed E-state index contributed by atoms with van der Waals surface area (Å²) in [6.07, 6.45) is 2.15. The molecular formula is C22H24ClFN2O. The van der Waals surface area contributed by atoms with Crippen LogP contribution in [0.1, 0.15) is 34.7 Å². The Hall–Kier alpha value is -1.91. The summed E-state index contributed by atoms with van der Waals surface area (Å²) in [6, 6.07) is 14.0. The number of amides is 1. The largest absolute Gasteiger partial charge is 0.352 e. The molecule has 2 aromatic carbocycles. The Labute approximate surface area is 164 Å². The number of carbonyl (C=O) groups is 1. The van der Waals surface area contributed by atoms with Crippen LogP contribution >= 0.6 is 11.6 Å². The van der Waals surface area contributed by atoms with Crippen LogP contribution in [0, 0.1) is 17.7 Å². The zero-order valence-corrected chi connectivity index (χ0v) is 16.0. The molecule has 0 spiro atoms. The van der Waals surface area contributed by atoms with Crippen LogP contribution in [0.4, 0.5) is 4.39 Å². The summed E-state index contributed by atoms with van der Waals surface area (Å²) in [4.78, 5) is 14.6. The van der Waals surface area contributed by atoms with E-state index in [0.29, 0.717) is 29.0 Å². The Kier molecular flexibility index (Phi) is 5.46. The van der Waals surface area contributed by atoms with Crippen molar-refractivity contribution in [1.82, 2.24) is 10.2 Å². The highest BCUT2D eigenvalue weighted by molar-refractivity contribution is 6.30. The standard InChI is InChI=1S/C22H24ClFN2O/c23-18-6-2-16(3-7-18)22(27)25-10-1-11-26-13-17-12-20(21(17)14-26)15-4-8-19(24)9-5-15/h2-9,17,20-21H,1,10-14H2,(H,25,27). The number of rotatable bonds is 6. The van der Waals surface area contributed by atoms with Crippen LogP contribution < -0.4 is 5.32 Å². The van der Waals surface area contributed by atoms with Crippen molar-refractivity contribution in [2.45, 2.75) is 18.8 Å². The molecule has 0 aromatic heterocycles. The first-order chi connectivity index (χ1) is 13.1. The number of hydrogen-bond donors (Lipinski definition) is 1. The molecule has 0 radical (unpaired) electrons. The lowest BCUT2D eigenvalue weighted by Crippen LogP contribution is -2.33. The molecule has 1 amide bonds. The number of nitrogens with zero attached hydrogens (tertiary/aromatic N) is 1. The molecule has 1 saturated heterocycles. The van der Waals surface area contributed by atoms with E-state index < -0.39 is 0 Å². The highest BCUT2D eigenvalue weighted by Gasteiger charge is 2.47. The third kappa shape index (κ3) is 4.17. The lowest BCUT2D eigenvalue weighted by Gasteiger charge is -2.40. The average molecular weight is 387 g/mol. The summed E-state index contributed by atoms with van der Waals surface area (Å²) in [7, 11) is 0. The first-order valence-electron chi connectivity index (χ1n) is 9.62. The van der Waals surface area contributed by atoms with Gasteiger partial charge in [-0.05, 0) is 79.1 Å². The molecule has 3 atom stereocenters. The number of nitrogens with one attached hydrogen (secondary N) is 1. The Balaban J connectivity index is 1.19. The predicted molar refractivity (Wildman–Crippen MR) is 106 cm³/mol. The van der Waals surface area contributed by atoms with E-state index in [0.717, 1.165) is 32.0 Å². The van der Waals surface area contributed by atoms with Crippen molar-refractivity contribution in [2.24, 2.45) is 11.8 Å². The molecule has 3 nitrogen and oxygen atoms in total. The van der Waals surface area contributed by atoms with Gasteiger partial charge in [-0.15, -0.1) is 0 Å². The van der Waals surface area contributed by atoms with E-state index in [9.17, 15) is 9.18 Å². The molecule has 4 rings (SSSR count). The Morgan fingerprint density at radius 1 is 1.11 bits per heavy atom. The van der Waals surface area contributed by atoms with E-state index in [2.05, 4.69) is 10.2 Å². The number of halogens is 2. The van der Waals surface area contributed by atoms with Crippen molar-refractivity contribution in [3.63, 3.8) is 0 Å². The minimum atomic E-state index is -0.164. The third-order valence-electron chi connectivity index (χ3n) is 5.98. The normalized spacial score (nSPS) is 24.3. The fourth-order valence-electron chi connectivity index (χ4n) is 4.48. The number of fused-ring (bicyclic) bond motifs is 1. The van der Waals surface area contributed by atoms with E-state index in [1.807, 2.05) is 12.1 Å². The summed E-state index contributed by atoms with van der Waals surface area (Å²) >= 11 is 5.85. The number of likely N-dealkylation sites (tertiary alicyclic amines) is 1. The summed E-state index contributed by atoms with van der Waals surface area (Å²) in [5, 5.41) is 3.61. The SMILES string of the molecule is O=C(NCCCN1CC2CC(c3ccc(F)cc3)C2C1)c1ccc(Cl)cc1. The molecule has 1 heterocycles. The topological polar surface area (TPSA) is 32.3 Å². The minimum Gasteiger partial charge on any atom is -0.352 e. The molecule has 3 unspecified atom stereocenters. The zero-order chi connectivity index (χ0) is 18.8. The Morgan fingerprint density at radius 3 is 2.59 bits per heavy atom. The molecule has 1 N–H and O–H groups in total. The van der Waals surface area contributed by atoms with Crippen molar-refractivity contribution in [1.29, 1.82) is 0 Å². The van der Waals surface area contributed by atoms with E-state index >= 15 is 0 Å². The fourth-order valence-corrected chi connectivity index (χ4v) is 4.61. The zero-order valence-electron chi connectivity index (χ0n) is 15.2. The van der Waals surface area contributed by atoms with Crippen molar-refractivity contribution in [3.8, 4) is 0 Å². The number of carbonyl (C=O) groups excluding carboxylic acids is 1. The molecule has 142 valence electrons. The molecule has 1 aliphatic heterocycles. The number of benzene rings is 2. The Bertz CT molecular complexity index is 793. The van der Waals surface area contributed by atoms with Crippen LogP contribution in [0.5, 0.6) is 0 Å². The molecule has 0 bridgehead atoms. The highest BCUT2D eigenvalue weighted by Crippen LogP contribution is 2.51. The van der Waals surface area contributed by atoms with Gasteiger partial charge >= 0.3 is 0 Å². The van der Waals surface area contributed by atoms with E-state index in [4.69, 9.17) is 11.6 Å². The van der Waals surface area contributed by atoms with Gasteiger partial charge in [-0.2, -0.15) is 0 Å². The first-order valence-corrected chi connectivity index (χ1v) is 9.99. The highest BCUT2D eigenvalue weighted by atomic mass is 35.5. The lowest BCUT2D eigenvalue weighted by molar-refractivity contribution is 0.0952. The van der Waals surface area contributed by atoms with Crippen molar-refractivity contribution >= 4 is 17.5 Å². The van der Waals surface area contributed by atoms with Gasteiger partial charge in [0.1, 0.15) is 5.82 Å². The predicted octanol–water partition coefficient (Wildman–Crippen LogP) is 4.33. The summed E-state index contributed by atoms with van der Waals surface area (Å²) in [5.74, 6) is 1.82. The molecule has 2 aromatic rings. The second-order valence-electron chi connectivity index (χ2n) is 7.69. The van der Waals surface area contributed by atoms with Crippen LogP contribution in [-0.4, -0.2) is 37.0 Å². The maximum Gasteiger partial charge on any atom is 0.251 e. The second-order valence-corrected chi connectivity index (χ2v) is 8.13. The maximum absolute atomic E-state index is 13.1. The van der Waals surface area contributed by atoms with Gasteiger partial charge < -0.3 is 10.2 Å². The van der Waals surface area contributed by atoms with Crippen LogP contribution in [0.15, 0.2) is 48.5 Å². The van der Waals surface area contributed by atoms with Crippen molar-refractivity contribution in [2.75, 3.05) is 26.2 Å². The van der Waals surface area contributed by atoms with Crippen LogP contribution in [0.25, 0.3) is 0 Å². The summed E-state index contributed by atoms with van der Waals surface area (Å²) in [6.45, 7) is 3.93. The molecule has 27 heavy (non-hydrogen) atoms. The molecule has 1 aliphatic carbocycles. The fraction of sp³-hybridized carbons (Fsp3) is 0.409. The molecular weight excluding hydrogens is 363 g/mol. The van der Waals surface area contributed by atoms with Gasteiger partial charge in [0, 0.05) is 30.2 Å². The molecule has 2 fully saturated rings. The maximum atomic E-state index is 13.1. The monoisotopic (exact) mass is 386 g/mol. The first kappa shape index (κ1) is 18.5. The van der Waals surface area contributed by atoms with Gasteiger partial charge in [0.05, 0.1) is 0 Å². The average Bonchev–Trinajstić information content (AvgIpc) is 2.97. The van der Waals surface area contributed by atoms with Crippen LogP contribution in [0.3, 0.4) is 0 Å². The molecule has 5 heteroatoms. The van der Waals surface area contributed by atoms with Crippen LogP contribution in [-0.2, 0) is 0 Å². The quantitative estimate of drug-likeness (QED) is 0.749. The van der Waals surface area contributed by atoms with E-state index in [-0.39, 0.29) is 11.7 Å². The van der Waals surface area contributed by atoms with Crippen LogP contribution in [0.2, 0.25) is 5.02 Å². The van der Waals surface area contributed by atoms with Gasteiger partial charge in [-0.3, -0.25) is 4.79 Å². The number of hydrogen-bond acceptors (Lipinski definition) is 2. The third-order valence-corrected chi connectivity index (χ3v) is 6.23. The van der Waals surface area contributed by atoms with E-state index in [1.54, 1.807) is 36.4 Å².